The van der Waals surface area contributed by atoms with Gasteiger partial charge in [-0.15, -0.1) is 0 Å². The zero-order chi connectivity index (χ0) is 16.1. The van der Waals surface area contributed by atoms with Gasteiger partial charge in [-0.25, -0.2) is 9.18 Å². The van der Waals surface area contributed by atoms with Crippen LogP contribution >= 0.6 is 0 Å². The highest BCUT2D eigenvalue weighted by Crippen LogP contribution is 2.27. The lowest BCUT2D eigenvalue weighted by Crippen LogP contribution is -2.15. The molecule has 0 radical (unpaired) electrons. The summed E-state index contributed by atoms with van der Waals surface area (Å²) in [5.41, 5.74) is 0.249. The average Bonchev–Trinajstić information content (AvgIpc) is 2.49. The van der Waals surface area contributed by atoms with Crippen LogP contribution in [0.4, 0.5) is 20.6 Å². The van der Waals surface area contributed by atoms with E-state index in [1.807, 2.05) is 6.07 Å². The molecule has 2 rings (SSSR count). The number of nitrogens with one attached hydrogen (secondary N) is 1. The summed E-state index contributed by atoms with van der Waals surface area (Å²) in [6, 6.07) is 10.9. The average molecular weight is 304 g/mol. The fraction of sp³-hybridized carbons (Fsp3) is 0.133. The number of amides is 1. The third-order valence-corrected chi connectivity index (χ3v) is 2.92. The summed E-state index contributed by atoms with van der Waals surface area (Å²) in [6.07, 6.45) is -0.893. The van der Waals surface area contributed by atoms with E-state index in [2.05, 4.69) is 5.32 Å². The Bertz CT molecular complexity index is 704. The smallest absolute Gasteiger partial charge is 0.412 e. The summed E-state index contributed by atoms with van der Waals surface area (Å²) in [7, 11) is 0. The third kappa shape index (κ3) is 3.78. The lowest BCUT2D eigenvalue weighted by molar-refractivity contribution is -0.384. The molecule has 0 unspecified atom stereocenters. The predicted molar refractivity (Wildman–Crippen MR) is 78.0 cm³/mol. The second-order valence-corrected chi connectivity index (χ2v) is 4.56. The molecule has 2 aromatic carbocycles. The zero-order valence-corrected chi connectivity index (χ0v) is 11.7. The van der Waals surface area contributed by atoms with Gasteiger partial charge in [-0.05, 0) is 18.1 Å². The number of ether oxygens (including phenoxy) is 1. The van der Waals surface area contributed by atoms with Gasteiger partial charge in [0.05, 0.1) is 4.92 Å². The number of carbonyl (C=O) groups excluding carboxylic acids is 1. The number of halogens is 1. The number of nitrogens with zero attached hydrogens (tertiary/aromatic N) is 1. The van der Waals surface area contributed by atoms with Crippen molar-refractivity contribution in [3.8, 4) is 0 Å². The minimum Gasteiger partial charge on any atom is -0.444 e. The topological polar surface area (TPSA) is 81.5 Å². The van der Waals surface area contributed by atoms with Crippen molar-refractivity contribution in [3.05, 3.63) is 69.5 Å². The third-order valence-electron chi connectivity index (χ3n) is 2.92. The Morgan fingerprint density at radius 3 is 2.64 bits per heavy atom. The molecule has 0 spiro atoms. The van der Waals surface area contributed by atoms with Crippen molar-refractivity contribution in [3.63, 3.8) is 0 Å². The van der Waals surface area contributed by atoms with Crippen LogP contribution in [0.25, 0.3) is 0 Å². The Balaban J connectivity index is 2.08. The maximum atomic E-state index is 13.5. The Morgan fingerprint density at radius 1 is 1.32 bits per heavy atom. The van der Waals surface area contributed by atoms with Crippen LogP contribution in [0.3, 0.4) is 0 Å². The number of rotatable bonds is 4. The van der Waals surface area contributed by atoms with Gasteiger partial charge >= 0.3 is 6.09 Å². The number of hydrogen-bond acceptors (Lipinski definition) is 4. The Morgan fingerprint density at radius 2 is 2.00 bits per heavy atom. The van der Waals surface area contributed by atoms with Gasteiger partial charge in [-0.1, -0.05) is 30.3 Å². The molecular formula is C15H13FN2O4. The van der Waals surface area contributed by atoms with Crippen LogP contribution in [-0.2, 0) is 11.3 Å². The highest BCUT2D eigenvalue weighted by Gasteiger charge is 2.19. The van der Waals surface area contributed by atoms with E-state index >= 15 is 0 Å². The second kappa shape index (κ2) is 6.66. The van der Waals surface area contributed by atoms with E-state index in [0.717, 1.165) is 17.7 Å². The van der Waals surface area contributed by atoms with E-state index in [-0.39, 0.29) is 17.9 Å². The molecule has 0 bridgehead atoms. The quantitative estimate of drug-likeness (QED) is 0.688. The first-order chi connectivity index (χ1) is 10.5. The van der Waals surface area contributed by atoms with Crippen molar-refractivity contribution in [1.82, 2.24) is 0 Å². The first kappa shape index (κ1) is 15.4. The van der Waals surface area contributed by atoms with Gasteiger partial charge in [0.2, 0.25) is 0 Å². The number of benzene rings is 2. The molecule has 0 aliphatic heterocycles. The molecule has 0 saturated carbocycles. The van der Waals surface area contributed by atoms with Crippen molar-refractivity contribution in [2.45, 2.75) is 13.5 Å². The van der Waals surface area contributed by atoms with E-state index in [9.17, 15) is 19.3 Å². The van der Waals surface area contributed by atoms with Gasteiger partial charge < -0.3 is 4.74 Å². The summed E-state index contributed by atoms with van der Waals surface area (Å²) < 4.78 is 18.5. The van der Waals surface area contributed by atoms with Crippen LogP contribution in [0.15, 0.2) is 42.5 Å². The molecule has 0 saturated heterocycles. The molecule has 22 heavy (non-hydrogen) atoms. The molecule has 0 aliphatic rings. The van der Waals surface area contributed by atoms with Crippen LogP contribution in [0.5, 0.6) is 0 Å². The SMILES string of the molecule is Cc1cc([N+](=O)[O-])c(NC(=O)OCc2ccccc2)cc1F. The number of anilines is 1. The van der Waals surface area contributed by atoms with Crippen LogP contribution in [0.2, 0.25) is 0 Å². The molecule has 2 aromatic rings. The number of aryl methyl sites for hydroxylation is 1. The molecular weight excluding hydrogens is 291 g/mol. The molecule has 0 aromatic heterocycles. The number of hydrogen-bond donors (Lipinski definition) is 1. The predicted octanol–water partition coefficient (Wildman–Crippen LogP) is 3.79. The maximum absolute atomic E-state index is 13.5. The van der Waals surface area contributed by atoms with Crippen molar-refractivity contribution < 1.29 is 18.8 Å². The standard InChI is InChI=1S/C15H13FN2O4/c1-10-7-14(18(20)21)13(8-12(10)16)17-15(19)22-9-11-5-3-2-4-6-11/h2-8H,9H2,1H3,(H,17,19). The van der Waals surface area contributed by atoms with Crippen molar-refractivity contribution in [1.29, 1.82) is 0 Å². The summed E-state index contributed by atoms with van der Waals surface area (Å²) in [6.45, 7) is 1.41. The summed E-state index contributed by atoms with van der Waals surface area (Å²) in [4.78, 5) is 21.9. The highest BCUT2D eigenvalue weighted by atomic mass is 19.1. The van der Waals surface area contributed by atoms with Gasteiger partial charge in [0, 0.05) is 12.1 Å². The van der Waals surface area contributed by atoms with E-state index in [1.165, 1.54) is 6.92 Å². The Labute approximate surface area is 125 Å². The minimum absolute atomic E-state index is 0.00874. The first-order valence-electron chi connectivity index (χ1n) is 6.39. The summed E-state index contributed by atoms with van der Waals surface area (Å²) in [5.74, 6) is -0.649. The van der Waals surface area contributed by atoms with E-state index < -0.39 is 22.5 Å². The van der Waals surface area contributed by atoms with Crippen molar-refractivity contribution in [2.24, 2.45) is 0 Å². The lowest BCUT2D eigenvalue weighted by atomic mass is 10.2. The molecule has 1 amide bonds. The van der Waals surface area contributed by atoms with E-state index in [0.29, 0.717) is 0 Å². The molecule has 114 valence electrons. The van der Waals surface area contributed by atoms with E-state index in [1.54, 1.807) is 24.3 Å². The molecule has 0 atom stereocenters. The normalized spacial score (nSPS) is 10.1. The molecule has 7 heteroatoms. The molecule has 1 N–H and O–H groups in total. The van der Waals surface area contributed by atoms with Crippen LogP contribution in [-0.4, -0.2) is 11.0 Å². The van der Waals surface area contributed by atoms with Gasteiger partial charge in [-0.2, -0.15) is 0 Å². The number of nitro groups is 1. The Kier molecular flexibility index (Phi) is 4.67. The van der Waals surface area contributed by atoms with Crippen LogP contribution in [0.1, 0.15) is 11.1 Å². The van der Waals surface area contributed by atoms with Crippen LogP contribution < -0.4 is 5.32 Å². The minimum atomic E-state index is -0.893. The monoisotopic (exact) mass is 304 g/mol. The highest BCUT2D eigenvalue weighted by molar-refractivity contribution is 5.88. The summed E-state index contributed by atoms with van der Waals surface area (Å²) in [5, 5.41) is 13.1. The molecule has 0 heterocycles. The largest absolute Gasteiger partial charge is 0.444 e. The van der Waals surface area contributed by atoms with Crippen molar-refractivity contribution in [2.75, 3.05) is 5.32 Å². The van der Waals surface area contributed by atoms with E-state index in [4.69, 9.17) is 4.74 Å². The number of carbonyl (C=O) groups is 1. The zero-order valence-electron chi connectivity index (χ0n) is 11.7. The lowest BCUT2D eigenvalue weighted by Gasteiger charge is -2.08. The van der Waals surface area contributed by atoms with Crippen LogP contribution in [0, 0.1) is 22.9 Å². The first-order valence-corrected chi connectivity index (χ1v) is 6.39. The molecule has 0 fully saturated rings. The Hall–Kier alpha value is -2.96. The van der Waals surface area contributed by atoms with Gasteiger partial charge in [-0.3, -0.25) is 15.4 Å². The van der Waals surface area contributed by atoms with Gasteiger partial charge in [0.25, 0.3) is 5.69 Å². The number of nitro benzene ring substituents is 1. The molecule has 0 aliphatic carbocycles. The van der Waals surface area contributed by atoms with Gasteiger partial charge in [0.15, 0.2) is 0 Å². The van der Waals surface area contributed by atoms with Gasteiger partial charge in [0.1, 0.15) is 18.1 Å². The van der Waals surface area contributed by atoms with Crippen molar-refractivity contribution >= 4 is 17.5 Å². The fourth-order valence-electron chi connectivity index (χ4n) is 1.79. The molecule has 6 nitrogen and oxygen atoms in total. The summed E-state index contributed by atoms with van der Waals surface area (Å²) >= 11 is 0. The second-order valence-electron chi connectivity index (χ2n) is 4.56. The maximum Gasteiger partial charge on any atom is 0.412 e. The fourth-order valence-corrected chi connectivity index (χ4v) is 1.79.